The molecule has 0 aliphatic rings. The number of alkyl halides is 3. The SMILES string of the molecule is N#CC[C@@H](N)C(=O)Nc1ccc2c(-c3ccccc3)cc(C(F)(F)F)nc2c1. The van der Waals surface area contributed by atoms with E-state index in [0.717, 1.165) is 6.07 Å². The molecular weight excluding hydrogens is 369 g/mol. The Labute approximate surface area is 158 Å². The third kappa shape index (κ3) is 4.10. The van der Waals surface area contributed by atoms with E-state index in [9.17, 15) is 18.0 Å². The Balaban J connectivity index is 2.10. The Morgan fingerprint density at radius 3 is 2.54 bits per heavy atom. The van der Waals surface area contributed by atoms with Gasteiger partial charge in [-0.25, -0.2) is 4.98 Å². The molecule has 0 spiro atoms. The first-order valence-corrected chi connectivity index (χ1v) is 8.30. The molecule has 8 heteroatoms. The Kier molecular flexibility index (Phi) is 5.29. The number of nitriles is 1. The molecule has 0 saturated carbocycles. The van der Waals surface area contributed by atoms with Crippen LogP contribution in [0.4, 0.5) is 18.9 Å². The Morgan fingerprint density at radius 2 is 1.89 bits per heavy atom. The van der Waals surface area contributed by atoms with Crippen molar-refractivity contribution in [1.82, 2.24) is 4.98 Å². The van der Waals surface area contributed by atoms with Crippen molar-refractivity contribution in [2.45, 2.75) is 18.6 Å². The fourth-order valence-corrected chi connectivity index (χ4v) is 2.73. The van der Waals surface area contributed by atoms with Gasteiger partial charge in [-0.3, -0.25) is 4.79 Å². The molecule has 1 atom stereocenters. The van der Waals surface area contributed by atoms with Crippen molar-refractivity contribution >= 4 is 22.5 Å². The number of halogens is 3. The van der Waals surface area contributed by atoms with Crippen LogP contribution in [0.1, 0.15) is 12.1 Å². The van der Waals surface area contributed by atoms with E-state index < -0.39 is 23.8 Å². The van der Waals surface area contributed by atoms with Gasteiger partial charge in [-0.05, 0) is 29.3 Å². The second-order valence-electron chi connectivity index (χ2n) is 6.11. The van der Waals surface area contributed by atoms with Crippen LogP contribution in [0.15, 0.2) is 54.6 Å². The monoisotopic (exact) mass is 384 g/mol. The van der Waals surface area contributed by atoms with Gasteiger partial charge in [0.1, 0.15) is 5.69 Å². The third-order valence-electron chi connectivity index (χ3n) is 4.10. The number of hydrogen-bond donors (Lipinski definition) is 2. The minimum atomic E-state index is -4.62. The number of amides is 1. The van der Waals surface area contributed by atoms with E-state index in [1.807, 2.05) is 0 Å². The number of fused-ring (bicyclic) bond motifs is 1. The molecule has 1 aromatic heterocycles. The lowest BCUT2D eigenvalue weighted by Gasteiger charge is -2.14. The standard InChI is InChI=1S/C20H15F3N4O/c21-20(22,23)18-11-15(12-4-2-1-3-5-12)14-7-6-13(10-17(14)27-18)26-19(28)16(25)8-9-24/h1-7,10-11,16H,8,25H2,(H,26,28)/t16-/m1/s1. The zero-order valence-corrected chi connectivity index (χ0v) is 14.5. The smallest absolute Gasteiger partial charge is 0.325 e. The topological polar surface area (TPSA) is 91.8 Å². The van der Waals surface area contributed by atoms with Crippen LogP contribution in [-0.2, 0) is 11.0 Å². The molecule has 0 saturated heterocycles. The summed E-state index contributed by atoms with van der Waals surface area (Å²) in [5.74, 6) is -0.601. The lowest BCUT2D eigenvalue weighted by atomic mass is 9.99. The average Bonchev–Trinajstić information content (AvgIpc) is 2.67. The number of carbonyl (C=O) groups is 1. The maximum absolute atomic E-state index is 13.3. The summed E-state index contributed by atoms with van der Waals surface area (Å²) >= 11 is 0. The largest absolute Gasteiger partial charge is 0.433 e. The summed E-state index contributed by atoms with van der Waals surface area (Å²) in [6, 6.07) is 14.9. The van der Waals surface area contributed by atoms with Crippen LogP contribution in [0.3, 0.4) is 0 Å². The van der Waals surface area contributed by atoms with Gasteiger partial charge in [0.25, 0.3) is 0 Å². The van der Waals surface area contributed by atoms with Gasteiger partial charge >= 0.3 is 6.18 Å². The van der Waals surface area contributed by atoms with Gasteiger partial charge in [0.05, 0.1) is 24.0 Å². The summed E-state index contributed by atoms with van der Waals surface area (Å²) in [7, 11) is 0. The molecule has 3 aromatic rings. The van der Waals surface area contributed by atoms with Crippen LogP contribution < -0.4 is 11.1 Å². The number of nitrogens with one attached hydrogen (secondary N) is 1. The third-order valence-corrected chi connectivity index (χ3v) is 4.10. The van der Waals surface area contributed by atoms with Gasteiger partial charge < -0.3 is 11.1 Å². The van der Waals surface area contributed by atoms with Gasteiger partial charge in [-0.15, -0.1) is 0 Å². The first kappa shape index (κ1) is 19.3. The second kappa shape index (κ2) is 7.66. The van der Waals surface area contributed by atoms with Crippen LogP contribution in [0.2, 0.25) is 0 Å². The summed E-state index contributed by atoms with van der Waals surface area (Å²) in [6.45, 7) is 0. The van der Waals surface area contributed by atoms with Crippen LogP contribution in [0.25, 0.3) is 22.0 Å². The number of hydrogen-bond acceptors (Lipinski definition) is 4. The number of benzene rings is 2. The molecule has 0 aliphatic carbocycles. The minimum Gasteiger partial charge on any atom is -0.325 e. The molecule has 28 heavy (non-hydrogen) atoms. The van der Waals surface area contributed by atoms with Crippen molar-refractivity contribution in [3.8, 4) is 17.2 Å². The van der Waals surface area contributed by atoms with E-state index in [0.29, 0.717) is 16.5 Å². The lowest BCUT2D eigenvalue weighted by molar-refractivity contribution is -0.140. The Hall–Kier alpha value is -3.44. The van der Waals surface area contributed by atoms with Crippen molar-refractivity contribution < 1.29 is 18.0 Å². The van der Waals surface area contributed by atoms with Crippen LogP contribution in [0.5, 0.6) is 0 Å². The fraction of sp³-hybridized carbons (Fsp3) is 0.150. The summed E-state index contributed by atoms with van der Waals surface area (Å²) in [4.78, 5) is 15.7. The van der Waals surface area contributed by atoms with Gasteiger partial charge in [-0.2, -0.15) is 18.4 Å². The fourth-order valence-electron chi connectivity index (χ4n) is 2.73. The summed E-state index contributed by atoms with van der Waals surface area (Å²) in [5.41, 5.74) is 5.88. The molecule has 142 valence electrons. The molecule has 3 rings (SSSR count). The zero-order valence-electron chi connectivity index (χ0n) is 14.5. The number of aromatic nitrogens is 1. The molecule has 5 nitrogen and oxygen atoms in total. The van der Waals surface area contributed by atoms with Crippen molar-refractivity contribution in [2.24, 2.45) is 5.73 Å². The van der Waals surface area contributed by atoms with E-state index in [2.05, 4.69) is 10.3 Å². The maximum Gasteiger partial charge on any atom is 0.433 e. The van der Waals surface area contributed by atoms with E-state index >= 15 is 0 Å². The van der Waals surface area contributed by atoms with Gasteiger partial charge in [0.15, 0.2) is 0 Å². The second-order valence-corrected chi connectivity index (χ2v) is 6.11. The molecule has 2 aromatic carbocycles. The number of nitrogens with two attached hydrogens (primary N) is 1. The predicted molar refractivity (Wildman–Crippen MR) is 99.0 cm³/mol. The maximum atomic E-state index is 13.3. The van der Waals surface area contributed by atoms with E-state index in [4.69, 9.17) is 11.0 Å². The van der Waals surface area contributed by atoms with Crippen LogP contribution in [-0.4, -0.2) is 16.9 Å². The number of nitrogens with zero attached hydrogens (tertiary/aromatic N) is 2. The average molecular weight is 384 g/mol. The summed E-state index contributed by atoms with van der Waals surface area (Å²) in [6.07, 6.45) is -4.79. The molecule has 0 radical (unpaired) electrons. The molecule has 0 fully saturated rings. The molecule has 0 aliphatic heterocycles. The highest BCUT2D eigenvalue weighted by Gasteiger charge is 2.33. The molecular formula is C20H15F3N4O. The molecule has 0 unspecified atom stereocenters. The first-order chi connectivity index (χ1) is 13.3. The zero-order chi connectivity index (χ0) is 20.3. The van der Waals surface area contributed by atoms with E-state index in [-0.39, 0.29) is 17.6 Å². The highest BCUT2D eigenvalue weighted by atomic mass is 19.4. The quantitative estimate of drug-likeness (QED) is 0.708. The molecule has 1 amide bonds. The lowest BCUT2D eigenvalue weighted by Crippen LogP contribution is -2.35. The Morgan fingerprint density at radius 1 is 1.18 bits per heavy atom. The van der Waals surface area contributed by atoms with Crippen LogP contribution >= 0.6 is 0 Å². The first-order valence-electron chi connectivity index (χ1n) is 8.30. The number of anilines is 1. The number of carbonyl (C=O) groups excluding carboxylic acids is 1. The highest BCUT2D eigenvalue weighted by Crippen LogP contribution is 2.35. The van der Waals surface area contributed by atoms with Gasteiger partial charge in [0, 0.05) is 11.1 Å². The van der Waals surface area contributed by atoms with Crippen molar-refractivity contribution in [1.29, 1.82) is 5.26 Å². The molecule has 0 bridgehead atoms. The molecule has 3 N–H and O–H groups in total. The minimum absolute atomic E-state index is 0.0836. The van der Waals surface area contributed by atoms with Crippen molar-refractivity contribution in [3.63, 3.8) is 0 Å². The van der Waals surface area contributed by atoms with E-state index in [1.54, 1.807) is 48.5 Å². The number of rotatable bonds is 4. The predicted octanol–water partition coefficient (Wildman–Crippen LogP) is 4.10. The van der Waals surface area contributed by atoms with Crippen molar-refractivity contribution in [2.75, 3.05) is 5.32 Å². The molecule has 1 heterocycles. The summed E-state index contributed by atoms with van der Waals surface area (Å²) in [5, 5.41) is 11.6. The Bertz CT molecular complexity index is 1060. The van der Waals surface area contributed by atoms with E-state index in [1.165, 1.54) is 6.07 Å². The van der Waals surface area contributed by atoms with Gasteiger partial charge in [-0.1, -0.05) is 36.4 Å². The highest BCUT2D eigenvalue weighted by molar-refractivity contribution is 6.00. The summed E-state index contributed by atoms with van der Waals surface area (Å²) < 4.78 is 40.0. The number of pyridine rings is 1. The normalized spacial score (nSPS) is 12.4. The van der Waals surface area contributed by atoms with Crippen LogP contribution in [0, 0.1) is 11.3 Å². The van der Waals surface area contributed by atoms with Crippen molar-refractivity contribution in [3.05, 3.63) is 60.3 Å². The van der Waals surface area contributed by atoms with Gasteiger partial charge in [0.2, 0.25) is 5.91 Å².